The van der Waals surface area contributed by atoms with Crippen molar-refractivity contribution in [2.24, 2.45) is 0 Å². The molecule has 1 aliphatic heterocycles. The molecule has 0 saturated carbocycles. The van der Waals surface area contributed by atoms with E-state index in [4.69, 9.17) is 9.47 Å². The van der Waals surface area contributed by atoms with Gasteiger partial charge in [0.15, 0.2) is 17.3 Å². The van der Waals surface area contributed by atoms with Crippen LogP contribution in [-0.4, -0.2) is 30.5 Å². The first-order valence-corrected chi connectivity index (χ1v) is 7.30. The van der Waals surface area contributed by atoms with E-state index in [1.54, 1.807) is 20.1 Å². The first-order chi connectivity index (χ1) is 8.72. The van der Waals surface area contributed by atoms with Crippen molar-refractivity contribution in [1.29, 1.82) is 0 Å². The van der Waals surface area contributed by atoms with E-state index in [1.165, 1.54) is 12.2 Å². The average Bonchev–Trinajstić information content (AvgIpc) is 2.40. The molecule has 0 aromatic heterocycles. The molecular formula is C14H18O3S. The maximum absolute atomic E-state index is 11.6. The average molecular weight is 266 g/mol. The fourth-order valence-corrected chi connectivity index (χ4v) is 3.08. The predicted octanol–water partition coefficient (Wildman–Crippen LogP) is 3.17. The lowest BCUT2D eigenvalue weighted by atomic mass is 10.1. The molecule has 1 atom stereocenters. The Labute approximate surface area is 112 Å². The highest BCUT2D eigenvalue weighted by Gasteiger charge is 2.20. The molecule has 98 valence electrons. The van der Waals surface area contributed by atoms with E-state index in [0.717, 1.165) is 12.2 Å². The summed E-state index contributed by atoms with van der Waals surface area (Å²) in [5, 5.41) is 0. The van der Waals surface area contributed by atoms with E-state index in [9.17, 15) is 4.79 Å². The van der Waals surface area contributed by atoms with Crippen molar-refractivity contribution < 1.29 is 14.3 Å². The van der Waals surface area contributed by atoms with Crippen LogP contribution in [0.5, 0.6) is 11.5 Å². The van der Waals surface area contributed by atoms with Gasteiger partial charge in [-0.1, -0.05) is 6.07 Å². The van der Waals surface area contributed by atoms with Crippen LogP contribution in [0.3, 0.4) is 0 Å². The maximum Gasteiger partial charge on any atom is 0.172 e. The minimum Gasteiger partial charge on any atom is -0.493 e. The lowest BCUT2D eigenvalue weighted by Crippen LogP contribution is -2.24. The van der Waals surface area contributed by atoms with E-state index in [2.05, 4.69) is 0 Å². The Morgan fingerprint density at radius 1 is 1.44 bits per heavy atom. The first kappa shape index (κ1) is 13.3. The molecule has 1 aromatic carbocycles. The molecule has 0 radical (unpaired) electrons. The third kappa shape index (κ3) is 2.99. The molecule has 0 aliphatic carbocycles. The van der Waals surface area contributed by atoms with Crippen LogP contribution in [0.2, 0.25) is 0 Å². The van der Waals surface area contributed by atoms with Crippen molar-refractivity contribution in [1.82, 2.24) is 0 Å². The number of ketones is 1. The topological polar surface area (TPSA) is 35.5 Å². The predicted molar refractivity (Wildman–Crippen MR) is 74.0 cm³/mol. The Morgan fingerprint density at radius 3 is 2.89 bits per heavy atom. The summed E-state index contributed by atoms with van der Waals surface area (Å²) in [6, 6.07) is 5.44. The SMILES string of the molecule is COc1cccc(C(C)=O)c1OC1CCCSC1. The lowest BCUT2D eigenvalue weighted by molar-refractivity contribution is 0.100. The summed E-state index contributed by atoms with van der Waals surface area (Å²) in [7, 11) is 1.60. The van der Waals surface area contributed by atoms with Gasteiger partial charge in [-0.2, -0.15) is 11.8 Å². The van der Waals surface area contributed by atoms with Crippen LogP contribution < -0.4 is 9.47 Å². The van der Waals surface area contributed by atoms with E-state index in [-0.39, 0.29) is 11.9 Å². The summed E-state index contributed by atoms with van der Waals surface area (Å²) < 4.78 is 11.3. The normalized spacial score (nSPS) is 19.3. The van der Waals surface area contributed by atoms with Crippen LogP contribution in [0.1, 0.15) is 30.1 Å². The van der Waals surface area contributed by atoms with Crippen molar-refractivity contribution in [2.75, 3.05) is 18.6 Å². The van der Waals surface area contributed by atoms with Crippen LogP contribution >= 0.6 is 11.8 Å². The number of thioether (sulfide) groups is 1. The van der Waals surface area contributed by atoms with Crippen molar-refractivity contribution in [2.45, 2.75) is 25.9 Å². The van der Waals surface area contributed by atoms with Gasteiger partial charge in [0, 0.05) is 5.75 Å². The monoisotopic (exact) mass is 266 g/mol. The highest BCUT2D eigenvalue weighted by atomic mass is 32.2. The van der Waals surface area contributed by atoms with E-state index >= 15 is 0 Å². The quantitative estimate of drug-likeness (QED) is 0.784. The van der Waals surface area contributed by atoms with Crippen molar-refractivity contribution in [3.63, 3.8) is 0 Å². The molecule has 2 rings (SSSR count). The Kier molecular flexibility index (Phi) is 4.53. The second-order valence-electron chi connectivity index (χ2n) is 4.35. The Bertz CT molecular complexity index is 425. The summed E-state index contributed by atoms with van der Waals surface area (Å²) in [6.45, 7) is 1.55. The molecule has 4 heteroatoms. The highest BCUT2D eigenvalue weighted by Crippen LogP contribution is 2.34. The van der Waals surface area contributed by atoms with Gasteiger partial charge in [-0.25, -0.2) is 0 Å². The van der Waals surface area contributed by atoms with Crippen molar-refractivity contribution in [3.05, 3.63) is 23.8 Å². The lowest BCUT2D eigenvalue weighted by Gasteiger charge is -2.24. The largest absolute Gasteiger partial charge is 0.493 e. The Balaban J connectivity index is 2.25. The number of hydrogen-bond donors (Lipinski definition) is 0. The van der Waals surface area contributed by atoms with E-state index in [1.807, 2.05) is 23.9 Å². The van der Waals surface area contributed by atoms with Gasteiger partial charge >= 0.3 is 0 Å². The number of para-hydroxylation sites is 1. The summed E-state index contributed by atoms with van der Waals surface area (Å²) in [4.78, 5) is 11.6. The van der Waals surface area contributed by atoms with Gasteiger partial charge in [0.25, 0.3) is 0 Å². The minimum absolute atomic E-state index is 0.00682. The molecule has 1 fully saturated rings. The van der Waals surface area contributed by atoms with Gasteiger partial charge in [-0.3, -0.25) is 4.79 Å². The third-order valence-electron chi connectivity index (χ3n) is 2.98. The molecule has 1 heterocycles. The van der Waals surface area contributed by atoms with Crippen molar-refractivity contribution >= 4 is 17.5 Å². The summed E-state index contributed by atoms with van der Waals surface area (Å²) in [5.41, 5.74) is 0.602. The molecule has 0 N–H and O–H groups in total. The second-order valence-corrected chi connectivity index (χ2v) is 5.50. The van der Waals surface area contributed by atoms with E-state index < -0.39 is 0 Å². The molecule has 0 amide bonds. The number of hydrogen-bond acceptors (Lipinski definition) is 4. The van der Waals surface area contributed by atoms with Gasteiger partial charge in [-0.15, -0.1) is 0 Å². The smallest absolute Gasteiger partial charge is 0.172 e. The number of carbonyl (C=O) groups excluding carboxylic acids is 1. The maximum atomic E-state index is 11.6. The zero-order valence-corrected chi connectivity index (χ0v) is 11.6. The number of Topliss-reactive ketones (excluding diaryl/α,β-unsaturated/α-hetero) is 1. The zero-order valence-electron chi connectivity index (χ0n) is 10.8. The van der Waals surface area contributed by atoms with Crippen LogP contribution in [0.4, 0.5) is 0 Å². The van der Waals surface area contributed by atoms with Crippen LogP contribution in [0.15, 0.2) is 18.2 Å². The zero-order chi connectivity index (χ0) is 13.0. The number of carbonyl (C=O) groups is 1. The molecule has 3 nitrogen and oxygen atoms in total. The van der Waals surface area contributed by atoms with Crippen LogP contribution in [0, 0.1) is 0 Å². The molecule has 0 bridgehead atoms. The van der Waals surface area contributed by atoms with Gasteiger partial charge in [0.2, 0.25) is 0 Å². The Hall–Kier alpha value is -1.16. The van der Waals surface area contributed by atoms with E-state index in [0.29, 0.717) is 17.1 Å². The first-order valence-electron chi connectivity index (χ1n) is 6.14. The van der Waals surface area contributed by atoms with Gasteiger partial charge in [-0.05, 0) is 37.7 Å². The third-order valence-corrected chi connectivity index (χ3v) is 4.17. The number of methoxy groups -OCH3 is 1. The highest BCUT2D eigenvalue weighted by molar-refractivity contribution is 7.99. The second kappa shape index (κ2) is 6.14. The molecular weight excluding hydrogens is 248 g/mol. The molecule has 0 spiro atoms. The number of rotatable bonds is 4. The summed E-state index contributed by atoms with van der Waals surface area (Å²) in [5.74, 6) is 3.42. The number of ether oxygens (including phenoxy) is 2. The summed E-state index contributed by atoms with van der Waals surface area (Å²) in [6.07, 6.45) is 2.39. The van der Waals surface area contributed by atoms with Gasteiger partial charge < -0.3 is 9.47 Å². The van der Waals surface area contributed by atoms with Crippen LogP contribution in [-0.2, 0) is 0 Å². The molecule has 1 aromatic rings. The van der Waals surface area contributed by atoms with Crippen LogP contribution in [0.25, 0.3) is 0 Å². The Morgan fingerprint density at radius 2 is 2.28 bits per heavy atom. The van der Waals surface area contributed by atoms with Crippen molar-refractivity contribution in [3.8, 4) is 11.5 Å². The fraction of sp³-hybridized carbons (Fsp3) is 0.500. The molecule has 1 aliphatic rings. The molecule has 1 unspecified atom stereocenters. The standard InChI is InChI=1S/C14H18O3S/c1-10(15)12-6-3-7-13(16-2)14(12)17-11-5-4-8-18-9-11/h3,6-7,11H,4-5,8-9H2,1-2H3. The molecule has 1 saturated heterocycles. The van der Waals surface area contributed by atoms with Gasteiger partial charge in [0.05, 0.1) is 12.7 Å². The fourth-order valence-electron chi connectivity index (χ4n) is 2.05. The number of benzene rings is 1. The van der Waals surface area contributed by atoms with Gasteiger partial charge in [0.1, 0.15) is 6.10 Å². The summed E-state index contributed by atoms with van der Waals surface area (Å²) >= 11 is 1.90. The minimum atomic E-state index is 0.00682. The molecule has 18 heavy (non-hydrogen) atoms.